The molecule has 0 aliphatic heterocycles. The third-order valence-corrected chi connectivity index (χ3v) is 6.23. The van der Waals surface area contributed by atoms with Gasteiger partial charge >= 0.3 is 0 Å². The number of methoxy groups -OCH3 is 1. The van der Waals surface area contributed by atoms with Gasteiger partial charge in [0.15, 0.2) is 0 Å². The predicted octanol–water partition coefficient (Wildman–Crippen LogP) is 4.00. The highest BCUT2D eigenvalue weighted by atomic mass is 32.2. The van der Waals surface area contributed by atoms with Gasteiger partial charge in [-0.25, -0.2) is 13.4 Å². The maximum absolute atomic E-state index is 12.3. The highest BCUT2D eigenvalue weighted by Gasteiger charge is 2.16. The minimum atomic E-state index is -3.58. The van der Waals surface area contributed by atoms with Gasteiger partial charge in [0.2, 0.25) is 0 Å². The first-order valence-corrected chi connectivity index (χ1v) is 9.73. The van der Waals surface area contributed by atoms with Crippen molar-refractivity contribution in [3.05, 3.63) is 59.6 Å². The van der Waals surface area contributed by atoms with Crippen molar-refractivity contribution in [2.45, 2.75) is 11.1 Å². The number of thiophene rings is 1. The Morgan fingerprint density at radius 1 is 1.00 bits per heavy atom. The second-order valence-electron chi connectivity index (χ2n) is 5.26. The SMILES string of the molecule is COc1ccc(Nc2ccc(NS(=O)(=O)c3ccc(C)s3)cn2)cc1. The number of hydrogen-bond acceptors (Lipinski definition) is 6. The summed E-state index contributed by atoms with van der Waals surface area (Å²) in [4.78, 5) is 5.18. The minimum absolute atomic E-state index is 0.283. The molecule has 0 fully saturated rings. The van der Waals surface area contributed by atoms with E-state index in [0.29, 0.717) is 11.5 Å². The van der Waals surface area contributed by atoms with E-state index in [1.54, 1.807) is 31.4 Å². The number of aryl methyl sites for hydroxylation is 1. The Morgan fingerprint density at radius 3 is 2.28 bits per heavy atom. The molecule has 2 aromatic heterocycles. The molecule has 8 heteroatoms. The van der Waals surface area contributed by atoms with E-state index in [4.69, 9.17) is 4.74 Å². The topological polar surface area (TPSA) is 80.3 Å². The lowest BCUT2D eigenvalue weighted by Crippen LogP contribution is -2.11. The number of nitrogens with zero attached hydrogens (tertiary/aromatic N) is 1. The standard InChI is InChI=1S/C17H17N3O3S2/c1-12-3-10-17(24-12)25(21,22)20-14-6-9-16(18-11-14)19-13-4-7-15(23-2)8-5-13/h3-11,20H,1-2H3,(H,18,19). The third kappa shape index (κ3) is 4.28. The maximum Gasteiger partial charge on any atom is 0.271 e. The van der Waals surface area contributed by atoms with Gasteiger partial charge in [-0.05, 0) is 55.5 Å². The molecule has 0 saturated carbocycles. The van der Waals surface area contributed by atoms with E-state index in [-0.39, 0.29) is 4.21 Å². The van der Waals surface area contributed by atoms with E-state index in [1.807, 2.05) is 31.2 Å². The largest absolute Gasteiger partial charge is 0.497 e. The second-order valence-corrected chi connectivity index (χ2v) is 8.45. The third-order valence-electron chi connectivity index (χ3n) is 3.36. The van der Waals surface area contributed by atoms with E-state index >= 15 is 0 Å². The van der Waals surface area contributed by atoms with Crippen molar-refractivity contribution in [1.82, 2.24) is 4.98 Å². The lowest BCUT2D eigenvalue weighted by molar-refractivity contribution is 0.415. The Labute approximate surface area is 150 Å². The quantitative estimate of drug-likeness (QED) is 0.680. The van der Waals surface area contributed by atoms with Crippen molar-refractivity contribution >= 4 is 38.6 Å². The zero-order chi connectivity index (χ0) is 17.9. The second kappa shape index (κ2) is 7.12. The smallest absolute Gasteiger partial charge is 0.271 e. The van der Waals surface area contributed by atoms with Crippen LogP contribution in [0.5, 0.6) is 5.75 Å². The molecule has 130 valence electrons. The summed E-state index contributed by atoms with van der Waals surface area (Å²) in [5, 5.41) is 3.14. The average molecular weight is 375 g/mol. The normalized spacial score (nSPS) is 11.1. The Hall–Kier alpha value is -2.58. The lowest BCUT2D eigenvalue weighted by atomic mass is 10.3. The number of aromatic nitrogens is 1. The molecule has 1 aromatic carbocycles. The Morgan fingerprint density at radius 2 is 1.72 bits per heavy atom. The average Bonchev–Trinajstić information content (AvgIpc) is 3.05. The van der Waals surface area contributed by atoms with Gasteiger partial charge in [0.25, 0.3) is 10.0 Å². The van der Waals surface area contributed by atoms with Gasteiger partial charge in [0, 0.05) is 10.6 Å². The van der Waals surface area contributed by atoms with Crippen molar-refractivity contribution in [1.29, 1.82) is 0 Å². The van der Waals surface area contributed by atoms with Crippen LogP contribution in [0.4, 0.5) is 17.2 Å². The predicted molar refractivity (Wildman–Crippen MR) is 100 cm³/mol. The minimum Gasteiger partial charge on any atom is -0.497 e. The van der Waals surface area contributed by atoms with E-state index in [9.17, 15) is 8.42 Å². The fraction of sp³-hybridized carbons (Fsp3) is 0.118. The summed E-state index contributed by atoms with van der Waals surface area (Å²) in [6.07, 6.45) is 1.48. The molecule has 0 saturated heterocycles. The summed E-state index contributed by atoms with van der Waals surface area (Å²) < 4.78 is 32.5. The molecule has 0 radical (unpaired) electrons. The number of ether oxygens (including phenoxy) is 1. The number of pyridine rings is 1. The fourth-order valence-electron chi connectivity index (χ4n) is 2.11. The molecule has 0 aliphatic carbocycles. The summed E-state index contributed by atoms with van der Waals surface area (Å²) in [7, 11) is -1.97. The molecular formula is C17H17N3O3S2. The Kier molecular flexibility index (Phi) is 4.91. The van der Waals surface area contributed by atoms with Gasteiger partial charge in [0.05, 0.1) is 19.0 Å². The highest BCUT2D eigenvalue weighted by Crippen LogP contribution is 2.24. The number of benzene rings is 1. The van der Waals surface area contributed by atoms with Gasteiger partial charge in [-0.1, -0.05) is 0 Å². The van der Waals surface area contributed by atoms with Crippen LogP contribution in [-0.4, -0.2) is 20.5 Å². The molecule has 6 nitrogen and oxygen atoms in total. The van der Waals surface area contributed by atoms with Crippen LogP contribution in [0.25, 0.3) is 0 Å². The molecule has 2 heterocycles. The van der Waals surface area contributed by atoms with Crippen LogP contribution in [0.3, 0.4) is 0 Å². The molecule has 0 unspecified atom stereocenters. The number of hydrogen-bond donors (Lipinski definition) is 2. The summed E-state index contributed by atoms with van der Waals surface area (Å²) >= 11 is 1.23. The molecule has 0 spiro atoms. The molecule has 3 aromatic rings. The van der Waals surface area contributed by atoms with Gasteiger partial charge < -0.3 is 10.1 Å². The summed E-state index contributed by atoms with van der Waals surface area (Å²) in [6.45, 7) is 1.87. The lowest BCUT2D eigenvalue weighted by Gasteiger charge is -2.09. The van der Waals surface area contributed by atoms with Crippen molar-refractivity contribution in [2.75, 3.05) is 17.1 Å². The van der Waals surface area contributed by atoms with E-state index in [0.717, 1.165) is 16.3 Å². The van der Waals surface area contributed by atoms with E-state index in [2.05, 4.69) is 15.0 Å². The molecule has 0 aliphatic rings. The number of rotatable bonds is 6. The Balaban J connectivity index is 1.69. The highest BCUT2D eigenvalue weighted by molar-refractivity contribution is 7.94. The molecular weight excluding hydrogens is 358 g/mol. The number of nitrogens with one attached hydrogen (secondary N) is 2. The summed E-state index contributed by atoms with van der Waals surface area (Å²) in [6, 6.07) is 14.2. The first-order valence-electron chi connectivity index (χ1n) is 7.43. The number of sulfonamides is 1. The van der Waals surface area contributed by atoms with Gasteiger partial charge in [0.1, 0.15) is 15.8 Å². The van der Waals surface area contributed by atoms with Crippen LogP contribution in [0, 0.1) is 6.92 Å². The van der Waals surface area contributed by atoms with Crippen LogP contribution < -0.4 is 14.8 Å². The van der Waals surface area contributed by atoms with E-state index in [1.165, 1.54) is 17.5 Å². The summed E-state index contributed by atoms with van der Waals surface area (Å²) in [5.74, 6) is 1.38. The van der Waals surface area contributed by atoms with Crippen molar-refractivity contribution in [3.63, 3.8) is 0 Å². The number of anilines is 3. The van der Waals surface area contributed by atoms with Crippen molar-refractivity contribution in [3.8, 4) is 5.75 Å². The Bertz CT molecular complexity index is 950. The maximum atomic E-state index is 12.3. The van der Waals surface area contributed by atoms with Crippen LogP contribution in [-0.2, 0) is 10.0 Å². The van der Waals surface area contributed by atoms with Crippen LogP contribution in [0.2, 0.25) is 0 Å². The van der Waals surface area contributed by atoms with Crippen molar-refractivity contribution < 1.29 is 13.2 Å². The summed E-state index contributed by atoms with van der Waals surface area (Å²) in [5.41, 5.74) is 1.27. The van der Waals surface area contributed by atoms with E-state index < -0.39 is 10.0 Å². The molecule has 25 heavy (non-hydrogen) atoms. The zero-order valence-electron chi connectivity index (χ0n) is 13.7. The molecule has 0 amide bonds. The van der Waals surface area contributed by atoms with Gasteiger partial charge in [-0.2, -0.15) is 0 Å². The molecule has 2 N–H and O–H groups in total. The van der Waals surface area contributed by atoms with Crippen molar-refractivity contribution in [2.24, 2.45) is 0 Å². The zero-order valence-corrected chi connectivity index (χ0v) is 15.3. The van der Waals surface area contributed by atoms with Crippen LogP contribution >= 0.6 is 11.3 Å². The first kappa shape index (κ1) is 17.2. The first-order chi connectivity index (χ1) is 12.0. The van der Waals surface area contributed by atoms with Gasteiger partial charge in [-0.15, -0.1) is 11.3 Å². The van der Waals surface area contributed by atoms with Gasteiger partial charge in [-0.3, -0.25) is 4.72 Å². The molecule has 0 bridgehead atoms. The van der Waals surface area contributed by atoms with Crippen LogP contribution in [0.1, 0.15) is 4.88 Å². The fourth-order valence-corrected chi connectivity index (χ4v) is 4.44. The monoisotopic (exact) mass is 375 g/mol. The molecule has 3 rings (SSSR count). The molecule has 0 atom stereocenters. The van der Waals surface area contributed by atoms with Crippen LogP contribution in [0.15, 0.2) is 58.9 Å².